The van der Waals surface area contributed by atoms with E-state index in [9.17, 15) is 4.79 Å². The van der Waals surface area contributed by atoms with Gasteiger partial charge in [0.15, 0.2) is 0 Å². The van der Waals surface area contributed by atoms with Crippen LogP contribution in [0, 0.1) is 0 Å². The monoisotopic (exact) mass is 404 g/mol. The van der Waals surface area contributed by atoms with Gasteiger partial charge >= 0.3 is 0 Å². The summed E-state index contributed by atoms with van der Waals surface area (Å²) in [4.78, 5) is 12.2. The van der Waals surface area contributed by atoms with Crippen LogP contribution in [-0.4, -0.2) is 19.1 Å². The molecule has 0 radical (unpaired) electrons. The zero-order chi connectivity index (χ0) is 21.0. The Morgan fingerprint density at radius 2 is 1.63 bits per heavy atom. The van der Waals surface area contributed by atoms with Crippen LogP contribution in [-0.2, 0) is 11.4 Å². The van der Waals surface area contributed by atoms with Gasteiger partial charge in [-0.3, -0.25) is 4.79 Å². The predicted octanol–water partition coefficient (Wildman–Crippen LogP) is 5.50. The lowest BCUT2D eigenvalue weighted by molar-refractivity contribution is -0.114. The Bertz CT molecular complexity index is 911. The van der Waals surface area contributed by atoms with Crippen LogP contribution in [0.2, 0.25) is 0 Å². The molecular formula is C25H28N2O3. The average Bonchev–Trinajstić information content (AvgIpc) is 2.79. The minimum Gasteiger partial charge on any atom is -0.494 e. The highest BCUT2D eigenvalue weighted by Gasteiger charge is 2.04. The van der Waals surface area contributed by atoms with E-state index < -0.39 is 0 Å². The predicted molar refractivity (Wildman–Crippen MR) is 121 cm³/mol. The average molecular weight is 405 g/mol. The van der Waals surface area contributed by atoms with E-state index in [0.29, 0.717) is 13.2 Å². The first-order valence-corrected chi connectivity index (χ1v) is 10.3. The molecule has 0 aromatic heterocycles. The third kappa shape index (κ3) is 7.17. The molecule has 0 aliphatic carbocycles. The normalized spacial score (nSPS) is 10.3. The van der Waals surface area contributed by atoms with Crippen molar-refractivity contribution in [3.8, 4) is 11.5 Å². The highest BCUT2D eigenvalue weighted by Crippen LogP contribution is 2.19. The summed E-state index contributed by atoms with van der Waals surface area (Å²) in [6.07, 6.45) is 2.13. The second-order valence-electron chi connectivity index (χ2n) is 6.93. The summed E-state index contributed by atoms with van der Waals surface area (Å²) in [5.74, 6) is 1.44. The third-order valence-electron chi connectivity index (χ3n) is 4.44. The van der Waals surface area contributed by atoms with Crippen molar-refractivity contribution >= 4 is 17.3 Å². The van der Waals surface area contributed by atoms with Crippen molar-refractivity contribution in [3.05, 3.63) is 84.4 Å². The first kappa shape index (κ1) is 21.2. The molecule has 0 saturated carbocycles. The summed E-state index contributed by atoms with van der Waals surface area (Å²) >= 11 is 0. The number of benzene rings is 3. The molecule has 0 atom stereocenters. The van der Waals surface area contributed by atoms with Crippen molar-refractivity contribution < 1.29 is 14.3 Å². The first-order chi connectivity index (χ1) is 14.7. The summed E-state index contributed by atoms with van der Waals surface area (Å²) < 4.78 is 11.5. The number of ether oxygens (including phenoxy) is 2. The molecule has 156 valence electrons. The largest absolute Gasteiger partial charge is 0.494 e. The smallest absolute Gasteiger partial charge is 0.243 e. The zero-order valence-corrected chi connectivity index (χ0v) is 17.3. The van der Waals surface area contributed by atoms with E-state index in [2.05, 4.69) is 17.6 Å². The molecule has 0 fully saturated rings. The molecule has 0 bridgehead atoms. The van der Waals surface area contributed by atoms with Crippen molar-refractivity contribution in [1.29, 1.82) is 0 Å². The number of amides is 1. The Balaban J connectivity index is 1.44. The maximum absolute atomic E-state index is 12.2. The van der Waals surface area contributed by atoms with Crippen LogP contribution in [0.4, 0.5) is 11.4 Å². The number of nitrogens with one attached hydrogen (secondary N) is 2. The fraction of sp³-hybridized carbons (Fsp3) is 0.240. The molecule has 0 aliphatic rings. The zero-order valence-electron chi connectivity index (χ0n) is 17.3. The maximum Gasteiger partial charge on any atom is 0.243 e. The van der Waals surface area contributed by atoms with Gasteiger partial charge in [0.1, 0.15) is 18.1 Å². The standard InChI is InChI=1S/C25H28N2O3/c1-2-3-16-29-23-14-12-21(13-15-23)27-25(28)18-26-22-10-7-11-24(17-22)30-19-20-8-5-4-6-9-20/h4-15,17,26H,2-3,16,18-19H2,1H3,(H,27,28). The van der Waals surface area contributed by atoms with Crippen LogP contribution in [0.25, 0.3) is 0 Å². The number of hydrogen-bond acceptors (Lipinski definition) is 4. The van der Waals surface area contributed by atoms with Crippen LogP contribution in [0.5, 0.6) is 11.5 Å². The SMILES string of the molecule is CCCCOc1ccc(NC(=O)CNc2cccc(OCc3ccccc3)c2)cc1. The molecule has 0 unspecified atom stereocenters. The van der Waals surface area contributed by atoms with Gasteiger partial charge < -0.3 is 20.1 Å². The van der Waals surface area contributed by atoms with Gasteiger partial charge in [0, 0.05) is 17.4 Å². The Morgan fingerprint density at radius 3 is 2.40 bits per heavy atom. The van der Waals surface area contributed by atoms with E-state index in [0.717, 1.165) is 41.3 Å². The number of carbonyl (C=O) groups excluding carboxylic acids is 1. The highest BCUT2D eigenvalue weighted by atomic mass is 16.5. The second-order valence-corrected chi connectivity index (χ2v) is 6.93. The van der Waals surface area contributed by atoms with Crippen molar-refractivity contribution in [1.82, 2.24) is 0 Å². The fourth-order valence-electron chi connectivity index (χ4n) is 2.79. The number of rotatable bonds is 11. The number of hydrogen-bond donors (Lipinski definition) is 2. The summed E-state index contributed by atoms with van der Waals surface area (Å²) in [5.41, 5.74) is 2.68. The van der Waals surface area contributed by atoms with Gasteiger partial charge in [-0.1, -0.05) is 49.7 Å². The molecule has 0 aliphatic heterocycles. The molecule has 3 aromatic rings. The maximum atomic E-state index is 12.2. The molecule has 0 spiro atoms. The molecule has 5 heteroatoms. The van der Waals surface area contributed by atoms with Crippen LogP contribution in [0.15, 0.2) is 78.9 Å². The summed E-state index contributed by atoms with van der Waals surface area (Å²) in [5, 5.41) is 6.01. The quantitative estimate of drug-likeness (QED) is 0.415. The second kappa shape index (κ2) is 11.5. The summed E-state index contributed by atoms with van der Waals surface area (Å²) in [6, 6.07) is 25.0. The van der Waals surface area contributed by atoms with Crippen LogP contribution in [0.1, 0.15) is 25.3 Å². The topological polar surface area (TPSA) is 59.6 Å². The minimum atomic E-state index is -0.120. The van der Waals surface area contributed by atoms with Gasteiger partial charge in [-0.15, -0.1) is 0 Å². The van der Waals surface area contributed by atoms with Crippen molar-refractivity contribution in [3.63, 3.8) is 0 Å². The summed E-state index contributed by atoms with van der Waals surface area (Å²) in [7, 11) is 0. The lowest BCUT2D eigenvalue weighted by Crippen LogP contribution is -2.21. The Labute approximate surface area is 178 Å². The number of carbonyl (C=O) groups is 1. The van der Waals surface area contributed by atoms with Gasteiger partial charge in [0.25, 0.3) is 0 Å². The highest BCUT2D eigenvalue weighted by molar-refractivity contribution is 5.93. The van der Waals surface area contributed by atoms with Gasteiger partial charge in [-0.25, -0.2) is 0 Å². The number of anilines is 2. The van der Waals surface area contributed by atoms with Crippen LogP contribution < -0.4 is 20.1 Å². The summed E-state index contributed by atoms with van der Waals surface area (Å²) in [6.45, 7) is 3.50. The fourth-order valence-corrected chi connectivity index (χ4v) is 2.79. The molecule has 2 N–H and O–H groups in total. The Kier molecular flexibility index (Phi) is 8.15. The molecule has 3 aromatic carbocycles. The molecule has 30 heavy (non-hydrogen) atoms. The van der Waals surface area contributed by atoms with E-state index in [1.807, 2.05) is 78.9 Å². The molecule has 5 nitrogen and oxygen atoms in total. The molecule has 0 heterocycles. The van der Waals surface area contributed by atoms with E-state index in [1.165, 1.54) is 0 Å². The molecule has 3 rings (SSSR count). The van der Waals surface area contributed by atoms with E-state index in [4.69, 9.17) is 9.47 Å². The minimum absolute atomic E-state index is 0.120. The van der Waals surface area contributed by atoms with Gasteiger partial charge in [-0.05, 0) is 48.4 Å². The Morgan fingerprint density at radius 1 is 0.833 bits per heavy atom. The van der Waals surface area contributed by atoms with Crippen molar-refractivity contribution in [2.24, 2.45) is 0 Å². The van der Waals surface area contributed by atoms with E-state index in [-0.39, 0.29) is 12.5 Å². The Hall–Kier alpha value is -3.47. The number of unbranched alkanes of at least 4 members (excludes halogenated alkanes) is 1. The van der Waals surface area contributed by atoms with Crippen LogP contribution >= 0.6 is 0 Å². The molecule has 1 amide bonds. The van der Waals surface area contributed by atoms with Gasteiger partial charge in [0.05, 0.1) is 13.2 Å². The van der Waals surface area contributed by atoms with Crippen molar-refractivity contribution in [2.75, 3.05) is 23.8 Å². The van der Waals surface area contributed by atoms with Gasteiger partial charge in [0.2, 0.25) is 5.91 Å². The third-order valence-corrected chi connectivity index (χ3v) is 4.44. The molecule has 0 saturated heterocycles. The lowest BCUT2D eigenvalue weighted by atomic mass is 10.2. The van der Waals surface area contributed by atoms with Gasteiger partial charge in [-0.2, -0.15) is 0 Å². The first-order valence-electron chi connectivity index (χ1n) is 10.3. The van der Waals surface area contributed by atoms with E-state index >= 15 is 0 Å². The van der Waals surface area contributed by atoms with E-state index in [1.54, 1.807) is 0 Å². The van der Waals surface area contributed by atoms with Crippen LogP contribution in [0.3, 0.4) is 0 Å². The van der Waals surface area contributed by atoms with Crippen molar-refractivity contribution in [2.45, 2.75) is 26.4 Å². The molecular weight excluding hydrogens is 376 g/mol. The lowest BCUT2D eigenvalue weighted by Gasteiger charge is -2.11.